The molecule has 0 radical (unpaired) electrons. The molecule has 13 aromatic rings. The average molecular weight is 860 g/mol. The summed E-state index contributed by atoms with van der Waals surface area (Å²) in [7, 11) is 0. The van der Waals surface area contributed by atoms with E-state index < -0.39 is 0 Å². The zero-order chi connectivity index (χ0) is 43.6. The molecule has 13 rings (SSSR count). The number of para-hydroxylation sites is 4. The van der Waals surface area contributed by atoms with Gasteiger partial charge in [0.2, 0.25) is 0 Å². The fraction of sp³-hybridized carbons (Fsp3) is 0. The van der Waals surface area contributed by atoms with Crippen molar-refractivity contribution in [3.63, 3.8) is 0 Å². The molecule has 2 heterocycles. The van der Waals surface area contributed by atoms with Gasteiger partial charge >= 0.3 is 0 Å². The number of hydrogen-bond donors (Lipinski definition) is 0. The number of aromatic nitrogens is 1. The third-order valence-electron chi connectivity index (χ3n) is 13.1. The molecule has 0 aliphatic heterocycles. The van der Waals surface area contributed by atoms with Gasteiger partial charge in [0.15, 0.2) is 0 Å². The summed E-state index contributed by atoms with van der Waals surface area (Å²) in [4.78, 5) is 4.75. The molecule has 0 atom stereocenters. The molecule has 310 valence electrons. The van der Waals surface area contributed by atoms with Crippen molar-refractivity contribution in [2.45, 2.75) is 0 Å². The number of anilines is 6. The van der Waals surface area contributed by atoms with Crippen molar-refractivity contribution in [3.8, 4) is 16.8 Å². The van der Waals surface area contributed by atoms with E-state index in [1.54, 1.807) is 0 Å². The first-order chi connectivity index (χ1) is 32.7. The Kier molecular flexibility index (Phi) is 9.03. The average Bonchev–Trinajstić information content (AvgIpc) is 3.91. The molecule has 4 heteroatoms. The molecular weight excluding hydrogens is 819 g/mol. The first-order valence-corrected chi connectivity index (χ1v) is 23.3. The summed E-state index contributed by atoms with van der Waals surface area (Å²) >= 11 is 1.88. The van der Waals surface area contributed by atoms with Gasteiger partial charge in [-0.2, -0.15) is 0 Å². The van der Waals surface area contributed by atoms with Crippen LogP contribution in [0.5, 0.6) is 0 Å². The van der Waals surface area contributed by atoms with Gasteiger partial charge in [0.25, 0.3) is 0 Å². The Labute approximate surface area is 386 Å². The van der Waals surface area contributed by atoms with Gasteiger partial charge in [0.1, 0.15) is 0 Å². The molecule has 11 aromatic carbocycles. The van der Waals surface area contributed by atoms with E-state index in [2.05, 4.69) is 263 Å². The highest BCUT2D eigenvalue weighted by Gasteiger charge is 2.20. The predicted molar refractivity (Wildman–Crippen MR) is 283 cm³/mol. The van der Waals surface area contributed by atoms with Crippen molar-refractivity contribution in [2.75, 3.05) is 9.80 Å². The minimum atomic E-state index is 1.07. The van der Waals surface area contributed by atoms with Gasteiger partial charge in [-0.1, -0.05) is 133 Å². The zero-order valence-corrected chi connectivity index (χ0v) is 36.7. The Morgan fingerprint density at radius 2 is 0.788 bits per heavy atom. The number of benzene rings is 11. The normalized spacial score (nSPS) is 11.6. The first kappa shape index (κ1) is 38.1. The smallest absolute Gasteiger partial charge is 0.0561 e. The van der Waals surface area contributed by atoms with Crippen LogP contribution in [0.3, 0.4) is 0 Å². The lowest BCUT2D eigenvalue weighted by Gasteiger charge is -2.29. The molecule has 2 aromatic heterocycles. The van der Waals surface area contributed by atoms with E-state index in [0.29, 0.717) is 0 Å². The molecule has 0 saturated carbocycles. The van der Waals surface area contributed by atoms with Gasteiger partial charge in [0.05, 0.1) is 11.0 Å². The lowest BCUT2D eigenvalue weighted by atomic mass is 9.98. The van der Waals surface area contributed by atoms with Crippen LogP contribution >= 0.6 is 11.3 Å². The molecule has 66 heavy (non-hydrogen) atoms. The van der Waals surface area contributed by atoms with Crippen molar-refractivity contribution < 1.29 is 0 Å². The van der Waals surface area contributed by atoms with E-state index in [0.717, 1.165) is 45.3 Å². The van der Waals surface area contributed by atoms with Crippen LogP contribution in [0.25, 0.3) is 80.3 Å². The summed E-state index contributed by atoms with van der Waals surface area (Å²) in [6, 6.07) is 90.7. The first-order valence-electron chi connectivity index (χ1n) is 22.5. The minimum Gasteiger partial charge on any atom is -0.310 e. The number of rotatable bonds is 8. The van der Waals surface area contributed by atoms with E-state index in [9.17, 15) is 0 Å². The molecule has 0 unspecified atom stereocenters. The second-order valence-electron chi connectivity index (χ2n) is 17.0. The summed E-state index contributed by atoms with van der Waals surface area (Å²) in [5.74, 6) is 0. The SMILES string of the molecule is c1ccc(N(c2cccc(N(c3ccccc3)c3ccc4c5ccccc5n(-c5ccccc5)c4c3)c2)c2ccc3cc(-c4ccc5sc6cc7ccccc7cc6c5c4)ccc3c2)cc1. The predicted octanol–water partition coefficient (Wildman–Crippen LogP) is 18.1. The van der Waals surface area contributed by atoms with E-state index in [4.69, 9.17) is 0 Å². The molecule has 0 fully saturated rings. The highest BCUT2D eigenvalue weighted by atomic mass is 32.1. The molecule has 0 bridgehead atoms. The maximum atomic E-state index is 2.39. The Morgan fingerprint density at radius 1 is 0.273 bits per heavy atom. The highest BCUT2D eigenvalue weighted by Crippen LogP contribution is 2.44. The molecule has 0 saturated heterocycles. The summed E-state index contributed by atoms with van der Waals surface area (Å²) in [6.07, 6.45) is 0. The van der Waals surface area contributed by atoms with Crippen LogP contribution in [0, 0.1) is 0 Å². The van der Waals surface area contributed by atoms with Crippen LogP contribution in [0.2, 0.25) is 0 Å². The van der Waals surface area contributed by atoms with Gasteiger partial charge < -0.3 is 14.4 Å². The quantitative estimate of drug-likeness (QED) is 0.151. The fourth-order valence-electron chi connectivity index (χ4n) is 9.97. The largest absolute Gasteiger partial charge is 0.310 e. The summed E-state index contributed by atoms with van der Waals surface area (Å²) in [5.41, 5.74) is 12.4. The van der Waals surface area contributed by atoms with E-state index in [1.165, 1.54) is 69.1 Å². The minimum absolute atomic E-state index is 1.07. The number of nitrogens with zero attached hydrogens (tertiary/aromatic N) is 3. The van der Waals surface area contributed by atoms with Crippen molar-refractivity contribution in [3.05, 3.63) is 249 Å². The van der Waals surface area contributed by atoms with Crippen LogP contribution in [0.15, 0.2) is 249 Å². The fourth-order valence-corrected chi connectivity index (χ4v) is 11.1. The molecule has 0 aliphatic rings. The van der Waals surface area contributed by atoms with Crippen LogP contribution in [-0.2, 0) is 0 Å². The van der Waals surface area contributed by atoms with Crippen molar-refractivity contribution >= 4 is 109 Å². The monoisotopic (exact) mass is 859 g/mol. The van der Waals surface area contributed by atoms with Crippen molar-refractivity contribution in [2.24, 2.45) is 0 Å². The lowest BCUT2D eigenvalue weighted by molar-refractivity contribution is 1.18. The maximum absolute atomic E-state index is 2.39. The number of hydrogen-bond acceptors (Lipinski definition) is 3. The van der Waals surface area contributed by atoms with Crippen LogP contribution in [0.4, 0.5) is 34.1 Å². The molecule has 3 nitrogen and oxygen atoms in total. The standard InChI is InChI=1S/C62H41N3S/c1-4-17-48(18-5-1)63(53-31-29-45-35-44(27-28-46(45)36-53)47-30-34-61-57(38-47)58-37-42-15-10-11-16-43(42)39-62(58)66-61)51-23-14-24-52(40-51)64(49-19-6-2-7-20-49)54-32-33-56-55-25-12-13-26-59(55)65(60(56)41-54)50-21-8-3-9-22-50/h1-41H. The third-order valence-corrected chi connectivity index (χ3v) is 14.2. The zero-order valence-electron chi connectivity index (χ0n) is 35.9. The summed E-state index contributed by atoms with van der Waals surface area (Å²) in [5, 5.41) is 10.1. The van der Waals surface area contributed by atoms with Crippen LogP contribution in [0.1, 0.15) is 0 Å². The maximum Gasteiger partial charge on any atom is 0.0561 e. The number of thiophene rings is 1. The Bertz CT molecular complexity index is 3950. The topological polar surface area (TPSA) is 11.4 Å². The van der Waals surface area contributed by atoms with Crippen molar-refractivity contribution in [1.29, 1.82) is 0 Å². The molecule has 0 aliphatic carbocycles. The Hall–Kier alpha value is -8.44. The molecule has 0 spiro atoms. The lowest BCUT2D eigenvalue weighted by Crippen LogP contribution is -2.13. The summed E-state index contributed by atoms with van der Waals surface area (Å²) < 4.78 is 5.04. The summed E-state index contributed by atoms with van der Waals surface area (Å²) in [6.45, 7) is 0. The van der Waals surface area contributed by atoms with E-state index in [-0.39, 0.29) is 0 Å². The molecule has 0 N–H and O–H groups in total. The Morgan fingerprint density at radius 3 is 1.55 bits per heavy atom. The third kappa shape index (κ3) is 6.50. The van der Waals surface area contributed by atoms with Crippen LogP contribution in [-0.4, -0.2) is 4.57 Å². The van der Waals surface area contributed by atoms with Crippen molar-refractivity contribution in [1.82, 2.24) is 4.57 Å². The highest BCUT2D eigenvalue weighted by molar-refractivity contribution is 7.25. The second kappa shape index (κ2) is 15.7. The second-order valence-corrected chi connectivity index (χ2v) is 18.1. The van der Waals surface area contributed by atoms with Gasteiger partial charge in [-0.25, -0.2) is 0 Å². The van der Waals surface area contributed by atoms with E-state index in [1.807, 2.05) is 11.3 Å². The molecule has 0 amide bonds. The number of fused-ring (bicyclic) bond motifs is 8. The van der Waals surface area contributed by atoms with Gasteiger partial charge in [0, 0.05) is 70.8 Å². The van der Waals surface area contributed by atoms with Gasteiger partial charge in [-0.15, -0.1) is 11.3 Å². The molecular formula is C62H41N3S. The van der Waals surface area contributed by atoms with Crippen LogP contribution < -0.4 is 9.80 Å². The van der Waals surface area contributed by atoms with E-state index >= 15 is 0 Å². The Balaban J connectivity index is 0.904. The van der Waals surface area contributed by atoms with Gasteiger partial charge in [-0.3, -0.25) is 0 Å². The van der Waals surface area contributed by atoms with Gasteiger partial charge in [-0.05, 0) is 148 Å².